The Kier molecular flexibility index (Phi) is 5.26. The molecule has 0 spiro atoms. The van der Waals surface area contributed by atoms with E-state index < -0.39 is 0 Å². The summed E-state index contributed by atoms with van der Waals surface area (Å²) in [5, 5.41) is 2.95. The number of urea groups is 1. The number of esters is 1. The van der Waals surface area contributed by atoms with Gasteiger partial charge < -0.3 is 15.0 Å². The molecule has 5 heteroatoms. The molecule has 1 heterocycles. The van der Waals surface area contributed by atoms with Gasteiger partial charge in [0.15, 0.2) is 0 Å². The maximum Gasteiger partial charge on any atom is 0.317 e. The summed E-state index contributed by atoms with van der Waals surface area (Å²) in [6.07, 6.45) is 7.08. The van der Waals surface area contributed by atoms with Gasteiger partial charge in [-0.15, -0.1) is 0 Å². The molecule has 0 unspecified atom stereocenters. The lowest BCUT2D eigenvalue weighted by atomic mass is 9.85. The summed E-state index contributed by atoms with van der Waals surface area (Å²) in [5.41, 5.74) is 0. The Hall–Kier alpha value is -1.26. The van der Waals surface area contributed by atoms with Gasteiger partial charge in [-0.25, -0.2) is 4.79 Å². The quantitative estimate of drug-likeness (QED) is 0.636. The lowest BCUT2D eigenvalue weighted by Crippen LogP contribution is -2.47. The molecular weight excluding hydrogens is 256 g/mol. The van der Waals surface area contributed by atoms with Gasteiger partial charge in [-0.2, -0.15) is 0 Å². The molecule has 0 bridgehead atoms. The summed E-state index contributed by atoms with van der Waals surface area (Å²) in [6.45, 7) is 2.68. The summed E-state index contributed by atoms with van der Waals surface area (Å²) in [7, 11) is 1.38. The summed E-state index contributed by atoms with van der Waals surface area (Å²) in [5.74, 6) is 0.473. The molecule has 2 fully saturated rings. The fourth-order valence-electron chi connectivity index (χ4n) is 3.68. The van der Waals surface area contributed by atoms with Gasteiger partial charge >= 0.3 is 12.0 Å². The van der Waals surface area contributed by atoms with Crippen molar-refractivity contribution in [1.29, 1.82) is 0 Å². The Morgan fingerprint density at radius 2 is 2.05 bits per heavy atom. The van der Waals surface area contributed by atoms with Crippen LogP contribution in [-0.4, -0.2) is 42.6 Å². The third-order valence-electron chi connectivity index (χ3n) is 4.64. The monoisotopic (exact) mass is 282 g/mol. The summed E-state index contributed by atoms with van der Waals surface area (Å²) < 4.78 is 4.58. The maximum atomic E-state index is 12.3. The van der Waals surface area contributed by atoms with Gasteiger partial charge in [-0.3, -0.25) is 4.79 Å². The Morgan fingerprint density at radius 1 is 1.30 bits per heavy atom. The van der Waals surface area contributed by atoms with Gasteiger partial charge in [0.05, 0.1) is 7.11 Å². The number of methoxy groups -OCH3 is 1. The van der Waals surface area contributed by atoms with Crippen LogP contribution in [0.2, 0.25) is 0 Å². The molecule has 1 aliphatic heterocycles. The van der Waals surface area contributed by atoms with Crippen molar-refractivity contribution in [1.82, 2.24) is 10.2 Å². The van der Waals surface area contributed by atoms with Crippen LogP contribution in [-0.2, 0) is 9.53 Å². The Bertz CT molecular complexity index is 359. The van der Waals surface area contributed by atoms with E-state index in [2.05, 4.69) is 17.0 Å². The summed E-state index contributed by atoms with van der Waals surface area (Å²) >= 11 is 0. The summed E-state index contributed by atoms with van der Waals surface area (Å²) in [6, 6.07) is 0.805. The normalized spacial score (nSPS) is 28.9. The van der Waals surface area contributed by atoms with Crippen LogP contribution in [0.5, 0.6) is 0 Å². The smallest absolute Gasteiger partial charge is 0.317 e. The van der Waals surface area contributed by atoms with E-state index in [-0.39, 0.29) is 12.0 Å². The highest BCUT2D eigenvalue weighted by Gasteiger charge is 2.42. The molecule has 20 heavy (non-hydrogen) atoms. The second kappa shape index (κ2) is 6.95. The largest absolute Gasteiger partial charge is 0.469 e. The first-order valence-electron chi connectivity index (χ1n) is 7.76. The van der Waals surface area contributed by atoms with Crippen molar-refractivity contribution in [2.24, 2.45) is 5.92 Å². The number of fused-ring (bicyclic) bond motifs is 1. The number of nitrogens with one attached hydrogen (secondary N) is 1. The number of ether oxygens (including phenoxy) is 1. The average molecular weight is 282 g/mol. The minimum Gasteiger partial charge on any atom is -0.469 e. The molecule has 1 saturated carbocycles. The maximum absolute atomic E-state index is 12.3. The van der Waals surface area contributed by atoms with Crippen LogP contribution in [0.1, 0.15) is 51.9 Å². The zero-order chi connectivity index (χ0) is 14.5. The second-order valence-electron chi connectivity index (χ2n) is 6.02. The molecule has 2 rings (SSSR count). The van der Waals surface area contributed by atoms with E-state index in [1.807, 2.05) is 4.90 Å². The molecule has 2 amide bonds. The average Bonchev–Trinajstić information content (AvgIpc) is 2.78. The molecule has 5 nitrogen and oxygen atoms in total. The van der Waals surface area contributed by atoms with Gasteiger partial charge in [0.1, 0.15) is 0 Å². The van der Waals surface area contributed by atoms with Crippen LogP contribution in [0.3, 0.4) is 0 Å². The Morgan fingerprint density at radius 3 is 2.80 bits per heavy atom. The number of carbonyl (C=O) groups is 2. The lowest BCUT2D eigenvalue weighted by molar-refractivity contribution is -0.140. The van der Waals surface area contributed by atoms with Crippen LogP contribution in [0.25, 0.3) is 0 Å². The van der Waals surface area contributed by atoms with Crippen LogP contribution in [0, 0.1) is 5.92 Å². The highest BCUT2D eigenvalue weighted by molar-refractivity contribution is 5.75. The van der Waals surface area contributed by atoms with Crippen molar-refractivity contribution in [3.05, 3.63) is 0 Å². The number of nitrogens with zero attached hydrogens (tertiary/aromatic N) is 1. The van der Waals surface area contributed by atoms with Crippen molar-refractivity contribution >= 4 is 12.0 Å². The van der Waals surface area contributed by atoms with Gasteiger partial charge in [-0.05, 0) is 38.5 Å². The van der Waals surface area contributed by atoms with Crippen LogP contribution in [0.15, 0.2) is 0 Å². The number of hydrogen-bond donors (Lipinski definition) is 1. The van der Waals surface area contributed by atoms with E-state index in [9.17, 15) is 9.59 Å². The molecule has 0 radical (unpaired) electrons. The van der Waals surface area contributed by atoms with Crippen LogP contribution < -0.4 is 5.32 Å². The first-order chi connectivity index (χ1) is 9.63. The SMILES string of the molecule is COC(=O)CCCNC(=O)N1[C@H](C)C[C@H]2CCCC[C@H]21. The van der Waals surface area contributed by atoms with Crippen molar-refractivity contribution < 1.29 is 14.3 Å². The highest BCUT2D eigenvalue weighted by Crippen LogP contribution is 2.39. The van der Waals surface area contributed by atoms with Gasteiger partial charge in [0, 0.05) is 25.0 Å². The van der Waals surface area contributed by atoms with E-state index in [0.717, 1.165) is 12.8 Å². The highest BCUT2D eigenvalue weighted by atomic mass is 16.5. The topological polar surface area (TPSA) is 58.6 Å². The first-order valence-corrected chi connectivity index (χ1v) is 7.76. The third-order valence-corrected chi connectivity index (χ3v) is 4.64. The molecule has 0 aromatic rings. The Balaban J connectivity index is 1.78. The van der Waals surface area contributed by atoms with Crippen LogP contribution >= 0.6 is 0 Å². The minimum atomic E-state index is -0.221. The number of hydrogen-bond acceptors (Lipinski definition) is 3. The van der Waals surface area contributed by atoms with Crippen molar-refractivity contribution in [3.8, 4) is 0 Å². The van der Waals surface area contributed by atoms with E-state index in [1.54, 1.807) is 0 Å². The zero-order valence-electron chi connectivity index (χ0n) is 12.6. The summed E-state index contributed by atoms with van der Waals surface area (Å²) in [4.78, 5) is 25.4. The molecule has 1 saturated heterocycles. The molecule has 1 N–H and O–H groups in total. The Labute approximate surface area is 121 Å². The van der Waals surface area contributed by atoms with Crippen molar-refractivity contribution in [2.45, 2.75) is 64.0 Å². The lowest BCUT2D eigenvalue weighted by Gasteiger charge is -2.33. The molecule has 0 aromatic carbocycles. The fraction of sp³-hybridized carbons (Fsp3) is 0.867. The third kappa shape index (κ3) is 3.44. The van der Waals surface area contributed by atoms with Crippen molar-refractivity contribution in [3.63, 3.8) is 0 Å². The minimum absolute atomic E-state index is 0.0387. The van der Waals surface area contributed by atoms with E-state index >= 15 is 0 Å². The number of rotatable bonds is 4. The van der Waals surface area contributed by atoms with Gasteiger partial charge in [0.2, 0.25) is 0 Å². The fourth-order valence-corrected chi connectivity index (χ4v) is 3.68. The molecule has 3 atom stereocenters. The van der Waals surface area contributed by atoms with Gasteiger partial charge in [-0.1, -0.05) is 12.8 Å². The molecule has 1 aliphatic carbocycles. The zero-order valence-corrected chi connectivity index (χ0v) is 12.6. The van der Waals surface area contributed by atoms with E-state index in [0.29, 0.717) is 37.4 Å². The van der Waals surface area contributed by atoms with E-state index in [4.69, 9.17) is 0 Å². The molecule has 0 aromatic heterocycles. The first kappa shape index (κ1) is 15.1. The standard InChI is InChI=1S/C15H26N2O3/c1-11-10-12-6-3-4-7-13(12)17(11)15(19)16-9-5-8-14(18)20-2/h11-13H,3-10H2,1-2H3,(H,16,19)/t11-,12-,13-/m1/s1. The predicted octanol–water partition coefficient (Wildman–Crippen LogP) is 2.30. The van der Waals surface area contributed by atoms with Crippen molar-refractivity contribution in [2.75, 3.05) is 13.7 Å². The number of carbonyl (C=O) groups excluding carboxylic acids is 2. The second-order valence-corrected chi connectivity index (χ2v) is 6.02. The number of likely N-dealkylation sites (tertiary alicyclic amines) is 1. The molecule has 2 aliphatic rings. The van der Waals surface area contributed by atoms with E-state index in [1.165, 1.54) is 26.4 Å². The van der Waals surface area contributed by atoms with Gasteiger partial charge in [0.25, 0.3) is 0 Å². The molecule has 114 valence electrons. The predicted molar refractivity (Wildman–Crippen MR) is 76.3 cm³/mol. The molecular formula is C15H26N2O3. The van der Waals surface area contributed by atoms with Crippen LogP contribution in [0.4, 0.5) is 4.79 Å². The number of amides is 2.